The van der Waals surface area contributed by atoms with E-state index in [1.54, 1.807) is 18.1 Å². The highest BCUT2D eigenvalue weighted by molar-refractivity contribution is 6.30. The molecule has 3 unspecified atom stereocenters. The van der Waals surface area contributed by atoms with E-state index in [1.807, 2.05) is 38.1 Å². The van der Waals surface area contributed by atoms with Gasteiger partial charge in [0, 0.05) is 31.5 Å². The Kier molecular flexibility index (Phi) is 5.70. The summed E-state index contributed by atoms with van der Waals surface area (Å²) in [5.74, 6) is 0.00374. The average Bonchev–Trinajstić information content (AvgIpc) is 3.03. The van der Waals surface area contributed by atoms with Crippen molar-refractivity contribution in [2.45, 2.75) is 38.6 Å². The SMILES string of the molecule is COC1CN(C(=O)c2cc(C)ccc2C)CC1OC1CC=CC(N)=C1Cl. The van der Waals surface area contributed by atoms with Gasteiger partial charge in [0.15, 0.2) is 0 Å². The lowest BCUT2D eigenvalue weighted by Gasteiger charge is -2.26. The molecule has 1 saturated heterocycles. The molecule has 26 heavy (non-hydrogen) atoms. The van der Waals surface area contributed by atoms with Crippen molar-refractivity contribution < 1.29 is 14.3 Å². The molecule has 0 aromatic heterocycles. The van der Waals surface area contributed by atoms with Crippen molar-refractivity contribution in [1.82, 2.24) is 4.90 Å². The molecule has 1 heterocycles. The van der Waals surface area contributed by atoms with Crippen LogP contribution >= 0.6 is 11.6 Å². The number of carbonyl (C=O) groups excluding carboxylic acids is 1. The number of likely N-dealkylation sites (tertiary alicyclic amines) is 1. The number of rotatable bonds is 4. The van der Waals surface area contributed by atoms with Crippen molar-refractivity contribution in [2.75, 3.05) is 20.2 Å². The molecule has 1 fully saturated rings. The number of hydrogen-bond acceptors (Lipinski definition) is 4. The molecule has 6 heteroatoms. The molecule has 1 aliphatic heterocycles. The Morgan fingerprint density at radius 1 is 1.27 bits per heavy atom. The zero-order valence-corrected chi connectivity index (χ0v) is 16.1. The largest absolute Gasteiger partial charge is 0.398 e. The quantitative estimate of drug-likeness (QED) is 0.877. The number of nitrogens with two attached hydrogens (primary N) is 1. The van der Waals surface area contributed by atoms with Gasteiger partial charge in [-0.2, -0.15) is 0 Å². The molecule has 1 amide bonds. The number of hydrogen-bond donors (Lipinski definition) is 1. The van der Waals surface area contributed by atoms with Crippen LogP contribution in [0.15, 0.2) is 41.1 Å². The second-order valence-electron chi connectivity index (χ2n) is 6.91. The summed E-state index contributed by atoms with van der Waals surface area (Å²) < 4.78 is 11.7. The monoisotopic (exact) mass is 376 g/mol. The first-order valence-electron chi connectivity index (χ1n) is 8.77. The number of aryl methyl sites for hydroxylation is 2. The van der Waals surface area contributed by atoms with Crippen molar-refractivity contribution >= 4 is 17.5 Å². The van der Waals surface area contributed by atoms with Crippen LogP contribution in [-0.2, 0) is 9.47 Å². The summed E-state index contributed by atoms with van der Waals surface area (Å²) in [6.07, 6.45) is 3.67. The molecule has 2 N–H and O–H groups in total. The van der Waals surface area contributed by atoms with Crippen molar-refractivity contribution in [2.24, 2.45) is 5.73 Å². The Bertz CT molecular complexity index is 759. The van der Waals surface area contributed by atoms with Crippen LogP contribution in [0.1, 0.15) is 27.9 Å². The minimum Gasteiger partial charge on any atom is -0.398 e. The van der Waals surface area contributed by atoms with E-state index < -0.39 is 0 Å². The first-order valence-corrected chi connectivity index (χ1v) is 9.15. The zero-order chi connectivity index (χ0) is 18.8. The first-order chi connectivity index (χ1) is 12.4. The number of halogens is 1. The molecule has 0 spiro atoms. The standard InChI is InChI=1S/C20H25ClN2O3/c1-12-7-8-13(2)14(9-12)20(24)23-10-17(25-3)18(11-23)26-16-6-4-5-15(22)19(16)21/h4-5,7-9,16-18H,6,10-11,22H2,1-3H3. The van der Waals surface area contributed by atoms with Crippen LogP contribution in [0, 0.1) is 13.8 Å². The number of amides is 1. The number of ether oxygens (including phenoxy) is 2. The van der Waals surface area contributed by atoms with Crippen molar-refractivity contribution in [3.63, 3.8) is 0 Å². The summed E-state index contributed by atoms with van der Waals surface area (Å²) >= 11 is 6.29. The topological polar surface area (TPSA) is 64.8 Å². The van der Waals surface area contributed by atoms with E-state index in [0.29, 0.717) is 30.2 Å². The predicted octanol–water partition coefficient (Wildman–Crippen LogP) is 2.90. The summed E-state index contributed by atoms with van der Waals surface area (Å²) in [5.41, 5.74) is 9.16. The lowest BCUT2D eigenvalue weighted by Crippen LogP contribution is -2.34. The highest BCUT2D eigenvalue weighted by atomic mass is 35.5. The van der Waals surface area contributed by atoms with Gasteiger partial charge >= 0.3 is 0 Å². The summed E-state index contributed by atoms with van der Waals surface area (Å²) in [4.78, 5) is 14.8. The second-order valence-corrected chi connectivity index (χ2v) is 7.31. The van der Waals surface area contributed by atoms with Crippen molar-refractivity contribution in [3.8, 4) is 0 Å². The molecule has 3 atom stereocenters. The number of benzene rings is 1. The minimum absolute atomic E-state index is 0.00374. The van der Waals surface area contributed by atoms with Gasteiger partial charge in [-0.05, 0) is 38.0 Å². The van der Waals surface area contributed by atoms with Crippen molar-refractivity contribution in [3.05, 3.63) is 57.8 Å². The number of allylic oxidation sites excluding steroid dienone is 1. The molecule has 5 nitrogen and oxygen atoms in total. The van der Waals surface area contributed by atoms with Crippen LogP contribution in [0.2, 0.25) is 0 Å². The highest BCUT2D eigenvalue weighted by Crippen LogP contribution is 2.28. The van der Waals surface area contributed by atoms with Gasteiger partial charge in [-0.3, -0.25) is 4.79 Å². The molecule has 1 aromatic rings. The van der Waals surface area contributed by atoms with Crippen LogP contribution in [0.5, 0.6) is 0 Å². The van der Waals surface area contributed by atoms with Crippen LogP contribution in [0.25, 0.3) is 0 Å². The Morgan fingerprint density at radius 3 is 2.73 bits per heavy atom. The Balaban J connectivity index is 1.74. The van der Waals surface area contributed by atoms with Crippen LogP contribution in [0.4, 0.5) is 0 Å². The summed E-state index contributed by atoms with van der Waals surface area (Å²) in [5, 5.41) is 0.515. The fraction of sp³-hybridized carbons (Fsp3) is 0.450. The number of nitrogens with zero attached hydrogens (tertiary/aromatic N) is 1. The van der Waals surface area contributed by atoms with Crippen LogP contribution in [-0.4, -0.2) is 49.3 Å². The summed E-state index contributed by atoms with van der Waals surface area (Å²) in [7, 11) is 1.64. The lowest BCUT2D eigenvalue weighted by atomic mass is 10.0. The maximum atomic E-state index is 13.0. The van der Waals surface area contributed by atoms with Gasteiger partial charge in [0.05, 0.1) is 11.1 Å². The van der Waals surface area contributed by atoms with Gasteiger partial charge < -0.3 is 20.1 Å². The van der Waals surface area contributed by atoms with Gasteiger partial charge in [0.25, 0.3) is 5.91 Å². The van der Waals surface area contributed by atoms with E-state index in [9.17, 15) is 4.79 Å². The molecular weight excluding hydrogens is 352 g/mol. The minimum atomic E-state index is -0.292. The maximum absolute atomic E-state index is 13.0. The normalized spacial score (nSPS) is 25.8. The highest BCUT2D eigenvalue weighted by Gasteiger charge is 2.38. The lowest BCUT2D eigenvalue weighted by molar-refractivity contribution is -0.0516. The molecule has 0 saturated carbocycles. The smallest absolute Gasteiger partial charge is 0.254 e. The van der Waals surface area contributed by atoms with Gasteiger partial charge in [-0.25, -0.2) is 0 Å². The van der Waals surface area contributed by atoms with E-state index in [1.165, 1.54) is 0 Å². The second kappa shape index (κ2) is 7.82. The molecule has 1 aromatic carbocycles. The van der Waals surface area contributed by atoms with Gasteiger partial charge in [-0.15, -0.1) is 0 Å². The van der Waals surface area contributed by atoms with Crippen molar-refractivity contribution in [1.29, 1.82) is 0 Å². The fourth-order valence-corrected chi connectivity index (χ4v) is 3.62. The van der Waals surface area contributed by atoms with Gasteiger partial charge in [0.2, 0.25) is 0 Å². The number of carbonyl (C=O) groups is 1. The zero-order valence-electron chi connectivity index (χ0n) is 15.4. The van der Waals surface area contributed by atoms with Crippen LogP contribution in [0.3, 0.4) is 0 Å². The molecule has 0 bridgehead atoms. The maximum Gasteiger partial charge on any atom is 0.254 e. The Morgan fingerprint density at radius 2 is 2.00 bits per heavy atom. The molecule has 140 valence electrons. The van der Waals surface area contributed by atoms with E-state index >= 15 is 0 Å². The molecule has 1 aliphatic carbocycles. The molecular formula is C20H25ClN2O3. The fourth-order valence-electron chi connectivity index (χ4n) is 3.42. The van der Waals surface area contributed by atoms with Crippen LogP contribution < -0.4 is 5.73 Å². The molecule has 2 aliphatic rings. The Hall–Kier alpha value is -1.82. The third kappa shape index (κ3) is 3.80. The van der Waals surface area contributed by atoms with E-state index in [4.69, 9.17) is 26.8 Å². The first kappa shape index (κ1) is 19.0. The van der Waals surface area contributed by atoms with E-state index in [2.05, 4.69) is 0 Å². The van der Waals surface area contributed by atoms with Gasteiger partial charge in [0.1, 0.15) is 12.2 Å². The van der Waals surface area contributed by atoms with Gasteiger partial charge in [-0.1, -0.05) is 35.4 Å². The average molecular weight is 377 g/mol. The van der Waals surface area contributed by atoms with E-state index in [0.717, 1.165) is 16.7 Å². The summed E-state index contributed by atoms with van der Waals surface area (Å²) in [6, 6.07) is 5.91. The van der Waals surface area contributed by atoms with E-state index in [-0.39, 0.29) is 24.2 Å². The summed E-state index contributed by atoms with van der Waals surface area (Å²) in [6.45, 7) is 4.90. The molecule has 0 radical (unpaired) electrons. The molecule has 3 rings (SSSR count). The predicted molar refractivity (Wildman–Crippen MR) is 102 cm³/mol. The third-order valence-corrected chi connectivity index (χ3v) is 5.44. The number of methoxy groups -OCH3 is 1. The Labute approximate surface area is 159 Å². The third-order valence-electron chi connectivity index (χ3n) is 4.97.